The van der Waals surface area contributed by atoms with Crippen LogP contribution in [-0.2, 0) is 0 Å². The van der Waals surface area contributed by atoms with Crippen molar-refractivity contribution >= 4 is 17.6 Å². The first-order valence-electron chi connectivity index (χ1n) is 8.18. The van der Waals surface area contributed by atoms with E-state index in [1.165, 1.54) is 24.3 Å². The number of aromatic nitrogens is 2. The summed E-state index contributed by atoms with van der Waals surface area (Å²) in [5, 5.41) is 2.74. The van der Waals surface area contributed by atoms with Crippen molar-refractivity contribution in [1.82, 2.24) is 14.9 Å². The molecule has 1 aliphatic rings. The van der Waals surface area contributed by atoms with Gasteiger partial charge in [-0.1, -0.05) is 0 Å². The van der Waals surface area contributed by atoms with Crippen molar-refractivity contribution in [3.63, 3.8) is 0 Å². The van der Waals surface area contributed by atoms with Gasteiger partial charge in [-0.2, -0.15) is 0 Å². The number of hydrogen-bond acceptors (Lipinski definition) is 4. The van der Waals surface area contributed by atoms with Gasteiger partial charge in [0.25, 0.3) is 0 Å². The Labute approximate surface area is 145 Å². The molecule has 3 rings (SSSR count). The van der Waals surface area contributed by atoms with Gasteiger partial charge in [-0.3, -0.25) is 10.1 Å². The molecular weight excluding hydrogens is 323 g/mol. The smallest absolute Gasteiger partial charge is 0.323 e. The van der Waals surface area contributed by atoms with Gasteiger partial charge in [0.2, 0.25) is 0 Å². The molecule has 2 aromatic rings. The molecule has 7 heteroatoms. The van der Waals surface area contributed by atoms with Crippen molar-refractivity contribution in [2.75, 3.05) is 18.4 Å². The Morgan fingerprint density at radius 1 is 1.16 bits per heavy atom. The second-order valence-corrected chi connectivity index (χ2v) is 6.05. The van der Waals surface area contributed by atoms with Crippen molar-refractivity contribution in [1.29, 1.82) is 0 Å². The number of aryl methyl sites for hydroxylation is 1. The number of hydrogen-bond donors (Lipinski definition) is 1. The van der Waals surface area contributed by atoms with Crippen LogP contribution in [0.2, 0.25) is 0 Å². The number of piperidine rings is 1. The Morgan fingerprint density at radius 2 is 1.84 bits per heavy atom. The number of ketones is 1. The predicted octanol–water partition coefficient (Wildman–Crippen LogP) is 3.05. The zero-order valence-corrected chi connectivity index (χ0v) is 13.9. The third-order valence-electron chi connectivity index (χ3n) is 4.29. The second-order valence-electron chi connectivity index (χ2n) is 6.05. The average molecular weight is 342 g/mol. The van der Waals surface area contributed by atoms with Crippen LogP contribution in [0.25, 0.3) is 0 Å². The van der Waals surface area contributed by atoms with Gasteiger partial charge in [0.05, 0.1) is 0 Å². The first-order valence-corrected chi connectivity index (χ1v) is 8.18. The molecule has 2 amide bonds. The fourth-order valence-electron chi connectivity index (χ4n) is 2.91. The molecule has 1 fully saturated rings. The van der Waals surface area contributed by atoms with Gasteiger partial charge in [-0.25, -0.2) is 19.2 Å². The lowest BCUT2D eigenvalue weighted by molar-refractivity contribution is 0.0859. The SMILES string of the molecule is Cc1nccc(NC(=O)N2CCC(C(=O)c3ccc(F)cc3)CC2)n1. The van der Waals surface area contributed by atoms with E-state index >= 15 is 0 Å². The molecule has 25 heavy (non-hydrogen) atoms. The molecule has 1 aromatic heterocycles. The molecule has 0 saturated carbocycles. The van der Waals surface area contributed by atoms with Gasteiger partial charge >= 0.3 is 6.03 Å². The van der Waals surface area contributed by atoms with E-state index in [0.717, 1.165) is 0 Å². The average Bonchev–Trinajstić information content (AvgIpc) is 2.62. The Balaban J connectivity index is 1.55. The molecule has 1 saturated heterocycles. The lowest BCUT2D eigenvalue weighted by atomic mass is 9.89. The minimum absolute atomic E-state index is 0.00600. The van der Waals surface area contributed by atoms with Crippen LogP contribution in [0.3, 0.4) is 0 Å². The van der Waals surface area contributed by atoms with Crippen molar-refractivity contribution in [3.05, 3.63) is 53.7 Å². The molecule has 0 radical (unpaired) electrons. The number of halogens is 1. The van der Waals surface area contributed by atoms with Crippen LogP contribution >= 0.6 is 0 Å². The molecular formula is C18H19FN4O2. The van der Waals surface area contributed by atoms with Crippen LogP contribution < -0.4 is 5.32 Å². The summed E-state index contributed by atoms with van der Waals surface area (Å²) in [5.74, 6) is 0.550. The number of carbonyl (C=O) groups excluding carboxylic acids is 2. The zero-order chi connectivity index (χ0) is 17.8. The highest BCUT2D eigenvalue weighted by atomic mass is 19.1. The van der Waals surface area contributed by atoms with Crippen LogP contribution in [0, 0.1) is 18.7 Å². The molecule has 0 unspecified atom stereocenters. The third-order valence-corrected chi connectivity index (χ3v) is 4.29. The number of urea groups is 1. The van der Waals surface area contributed by atoms with Crippen molar-refractivity contribution < 1.29 is 14.0 Å². The van der Waals surface area contributed by atoms with Crippen LogP contribution in [0.5, 0.6) is 0 Å². The summed E-state index contributed by atoms with van der Waals surface area (Å²) in [6, 6.07) is 7.00. The predicted molar refractivity (Wildman–Crippen MR) is 90.8 cm³/mol. The summed E-state index contributed by atoms with van der Waals surface area (Å²) < 4.78 is 13.0. The lowest BCUT2D eigenvalue weighted by Gasteiger charge is -2.31. The number of anilines is 1. The molecule has 0 bridgehead atoms. The van der Waals surface area contributed by atoms with Crippen LogP contribution in [0.4, 0.5) is 15.0 Å². The summed E-state index contributed by atoms with van der Waals surface area (Å²) in [5.41, 5.74) is 0.515. The number of Topliss-reactive ketones (excluding diaryl/α,β-unsaturated/α-hetero) is 1. The molecule has 1 N–H and O–H groups in total. The molecule has 6 nitrogen and oxygen atoms in total. The summed E-state index contributed by atoms with van der Waals surface area (Å²) in [6.07, 6.45) is 2.77. The van der Waals surface area contributed by atoms with Crippen molar-refractivity contribution in [3.8, 4) is 0 Å². The number of likely N-dealkylation sites (tertiary alicyclic amines) is 1. The van der Waals surface area contributed by atoms with E-state index in [1.54, 1.807) is 24.1 Å². The number of amides is 2. The topological polar surface area (TPSA) is 75.2 Å². The summed E-state index contributed by atoms with van der Waals surface area (Å²) in [6.45, 7) is 2.74. The Kier molecular flexibility index (Phi) is 5.02. The van der Waals surface area contributed by atoms with E-state index < -0.39 is 0 Å². The summed E-state index contributed by atoms with van der Waals surface area (Å²) in [4.78, 5) is 34.6. The van der Waals surface area contributed by atoms with E-state index in [1.807, 2.05) is 0 Å². The Bertz CT molecular complexity index is 771. The van der Waals surface area contributed by atoms with E-state index in [4.69, 9.17) is 0 Å². The van der Waals surface area contributed by atoms with Gasteiger partial charge in [-0.05, 0) is 50.1 Å². The first-order chi connectivity index (χ1) is 12.0. The maximum absolute atomic E-state index is 13.0. The Morgan fingerprint density at radius 3 is 2.48 bits per heavy atom. The van der Waals surface area contributed by atoms with Gasteiger partial charge in [0, 0.05) is 30.8 Å². The number of nitrogens with one attached hydrogen (secondary N) is 1. The maximum atomic E-state index is 13.0. The number of carbonyl (C=O) groups is 2. The van der Waals surface area contributed by atoms with Gasteiger partial charge in [0.15, 0.2) is 5.78 Å². The quantitative estimate of drug-likeness (QED) is 0.870. The number of rotatable bonds is 3. The molecule has 0 atom stereocenters. The van der Waals surface area contributed by atoms with Crippen LogP contribution in [0.15, 0.2) is 36.5 Å². The number of nitrogens with zero attached hydrogens (tertiary/aromatic N) is 3. The summed E-state index contributed by atoms with van der Waals surface area (Å²) >= 11 is 0. The monoisotopic (exact) mass is 342 g/mol. The molecule has 0 spiro atoms. The van der Waals surface area contributed by atoms with Crippen molar-refractivity contribution in [2.45, 2.75) is 19.8 Å². The standard InChI is InChI=1S/C18H19FN4O2/c1-12-20-9-6-16(21-12)22-18(25)23-10-7-14(8-11-23)17(24)13-2-4-15(19)5-3-13/h2-6,9,14H,7-8,10-11H2,1H3,(H,20,21,22,25). The molecule has 130 valence electrons. The molecule has 2 heterocycles. The van der Waals surface area contributed by atoms with Gasteiger partial charge in [0.1, 0.15) is 17.5 Å². The van der Waals surface area contributed by atoms with Gasteiger partial charge < -0.3 is 4.90 Å². The van der Waals surface area contributed by atoms with Gasteiger partial charge in [-0.15, -0.1) is 0 Å². The first kappa shape index (κ1) is 17.0. The van der Waals surface area contributed by atoms with E-state index in [-0.39, 0.29) is 23.5 Å². The summed E-state index contributed by atoms with van der Waals surface area (Å²) in [7, 11) is 0. The highest BCUT2D eigenvalue weighted by Crippen LogP contribution is 2.22. The van der Waals surface area contributed by atoms with Crippen LogP contribution in [0.1, 0.15) is 29.0 Å². The maximum Gasteiger partial charge on any atom is 0.323 e. The molecule has 1 aliphatic heterocycles. The second kappa shape index (κ2) is 7.38. The fraction of sp³-hybridized carbons (Fsp3) is 0.333. The van der Waals surface area contributed by atoms with E-state index in [0.29, 0.717) is 43.1 Å². The zero-order valence-electron chi connectivity index (χ0n) is 13.9. The normalized spacial score (nSPS) is 15.0. The number of benzene rings is 1. The highest BCUT2D eigenvalue weighted by Gasteiger charge is 2.28. The fourth-order valence-corrected chi connectivity index (χ4v) is 2.91. The molecule has 0 aliphatic carbocycles. The Hall–Kier alpha value is -2.83. The third kappa shape index (κ3) is 4.17. The minimum Gasteiger partial charge on any atom is -0.324 e. The van der Waals surface area contributed by atoms with E-state index in [9.17, 15) is 14.0 Å². The van der Waals surface area contributed by atoms with Crippen molar-refractivity contribution in [2.24, 2.45) is 5.92 Å². The largest absolute Gasteiger partial charge is 0.324 e. The highest BCUT2D eigenvalue weighted by molar-refractivity contribution is 5.98. The van der Waals surface area contributed by atoms with Crippen LogP contribution in [-0.4, -0.2) is 39.8 Å². The molecule has 1 aromatic carbocycles. The lowest BCUT2D eigenvalue weighted by Crippen LogP contribution is -2.42. The van der Waals surface area contributed by atoms with E-state index in [2.05, 4.69) is 15.3 Å². The minimum atomic E-state index is -0.358.